The molecule has 0 radical (unpaired) electrons. The Labute approximate surface area is 187 Å². The van der Waals surface area contributed by atoms with Gasteiger partial charge < -0.3 is 4.74 Å². The van der Waals surface area contributed by atoms with Crippen molar-refractivity contribution in [1.29, 1.82) is 0 Å². The molecule has 0 aliphatic carbocycles. The van der Waals surface area contributed by atoms with Gasteiger partial charge in [-0.15, -0.1) is 11.6 Å². The Balaban J connectivity index is 2.24. The molecule has 4 nitrogen and oxygen atoms in total. The molecule has 0 saturated carbocycles. The zero-order chi connectivity index (χ0) is 21.7. The van der Waals surface area contributed by atoms with Gasteiger partial charge in [0.2, 0.25) is 10.0 Å². The van der Waals surface area contributed by atoms with Gasteiger partial charge in [0.1, 0.15) is 5.75 Å². The molecule has 0 atom stereocenters. The van der Waals surface area contributed by atoms with Crippen molar-refractivity contribution < 1.29 is 13.2 Å². The van der Waals surface area contributed by atoms with Gasteiger partial charge in [-0.1, -0.05) is 61.0 Å². The van der Waals surface area contributed by atoms with E-state index in [1.807, 2.05) is 30.4 Å². The molecule has 158 valence electrons. The predicted octanol–water partition coefficient (Wildman–Crippen LogP) is 6.30. The Morgan fingerprint density at radius 3 is 2.34 bits per heavy atom. The van der Waals surface area contributed by atoms with Crippen LogP contribution in [0.25, 0.3) is 12.2 Å². The summed E-state index contributed by atoms with van der Waals surface area (Å²) in [5.74, 6) is 1.18. The lowest BCUT2D eigenvalue weighted by atomic mass is 9.85. The molecule has 0 fully saturated rings. The summed E-state index contributed by atoms with van der Waals surface area (Å²) in [7, 11) is -1.69. The molecule has 2 rings (SSSR count). The van der Waals surface area contributed by atoms with E-state index in [-0.39, 0.29) is 11.2 Å². The van der Waals surface area contributed by atoms with Gasteiger partial charge in [0, 0.05) is 27.2 Å². The minimum atomic E-state index is -3.37. The van der Waals surface area contributed by atoms with E-state index in [1.165, 1.54) is 0 Å². The number of methoxy groups -OCH3 is 1. The molecule has 1 N–H and O–H groups in total. The third-order valence-corrected chi connectivity index (χ3v) is 6.38. The summed E-state index contributed by atoms with van der Waals surface area (Å²) < 4.78 is 33.2. The molecule has 0 amide bonds. The Kier molecular flexibility index (Phi) is 8.20. The monoisotopic (exact) mass is 499 g/mol. The maximum absolute atomic E-state index is 12.0. The lowest BCUT2D eigenvalue weighted by Gasteiger charge is -2.24. The van der Waals surface area contributed by atoms with Crippen LogP contribution in [0, 0.1) is 0 Å². The first-order valence-electron chi connectivity index (χ1n) is 9.28. The van der Waals surface area contributed by atoms with Crippen molar-refractivity contribution in [3.05, 3.63) is 57.6 Å². The Hall–Kier alpha value is -1.50. The van der Waals surface area contributed by atoms with Gasteiger partial charge in [0.15, 0.2) is 0 Å². The van der Waals surface area contributed by atoms with E-state index in [0.29, 0.717) is 18.0 Å². The van der Waals surface area contributed by atoms with E-state index in [0.717, 1.165) is 26.9 Å². The second-order valence-electron chi connectivity index (χ2n) is 7.74. The van der Waals surface area contributed by atoms with Crippen LogP contribution in [0.3, 0.4) is 0 Å². The second kappa shape index (κ2) is 10.0. The molecule has 0 aliphatic rings. The molecule has 0 spiro atoms. The highest BCUT2D eigenvalue weighted by Crippen LogP contribution is 2.37. The highest BCUT2D eigenvalue weighted by Gasteiger charge is 2.21. The number of ether oxygens (including phenoxy) is 1. The summed E-state index contributed by atoms with van der Waals surface area (Å²) in [4.78, 5) is 0. The van der Waals surface area contributed by atoms with Crippen molar-refractivity contribution in [3.63, 3.8) is 0 Å². The highest BCUT2D eigenvalue weighted by atomic mass is 79.9. The molecular formula is C22H27BrClNO3S. The molecule has 0 bridgehead atoms. The standard InChI is InChI=1S/C22H27BrClNO3S/c1-22(2,3)20-15-18(23)14-17(21(20)28-4)9-6-16-7-10-19(11-8-16)25-29(26,27)13-5-12-24/h6-11,14-15,25H,5,12-13H2,1-4H3/b9-6+. The molecule has 7 heteroatoms. The van der Waals surface area contributed by atoms with Crippen LogP contribution < -0.4 is 9.46 Å². The Morgan fingerprint density at radius 1 is 1.14 bits per heavy atom. The smallest absolute Gasteiger partial charge is 0.232 e. The fraction of sp³-hybridized carbons (Fsp3) is 0.364. The topological polar surface area (TPSA) is 55.4 Å². The Morgan fingerprint density at radius 2 is 1.79 bits per heavy atom. The fourth-order valence-electron chi connectivity index (χ4n) is 2.85. The maximum Gasteiger partial charge on any atom is 0.232 e. The highest BCUT2D eigenvalue weighted by molar-refractivity contribution is 9.10. The van der Waals surface area contributed by atoms with E-state index in [1.54, 1.807) is 19.2 Å². The SMILES string of the molecule is COc1c(/C=C/c2ccc(NS(=O)(=O)CCCCl)cc2)cc(Br)cc1C(C)(C)C. The van der Waals surface area contributed by atoms with Gasteiger partial charge in [0.05, 0.1) is 12.9 Å². The number of benzene rings is 2. The molecule has 0 aliphatic heterocycles. The molecule has 0 aromatic heterocycles. The normalized spacial score (nSPS) is 12.3. The van der Waals surface area contributed by atoms with E-state index in [2.05, 4.69) is 47.5 Å². The molecule has 2 aromatic rings. The lowest BCUT2D eigenvalue weighted by Crippen LogP contribution is -2.16. The van der Waals surface area contributed by atoms with Crippen molar-refractivity contribution in [2.24, 2.45) is 0 Å². The number of nitrogens with one attached hydrogen (secondary N) is 1. The van der Waals surface area contributed by atoms with Crippen LogP contribution >= 0.6 is 27.5 Å². The molecule has 29 heavy (non-hydrogen) atoms. The van der Waals surface area contributed by atoms with Gasteiger partial charge in [-0.3, -0.25) is 4.72 Å². The first-order chi connectivity index (χ1) is 13.6. The summed E-state index contributed by atoms with van der Waals surface area (Å²) >= 11 is 9.16. The third-order valence-electron chi connectivity index (χ3n) is 4.28. The molecular weight excluding hydrogens is 474 g/mol. The van der Waals surface area contributed by atoms with Crippen LogP contribution in [-0.4, -0.2) is 27.2 Å². The van der Waals surface area contributed by atoms with Crippen molar-refractivity contribution >= 4 is 55.4 Å². The van der Waals surface area contributed by atoms with Crippen molar-refractivity contribution in [2.45, 2.75) is 32.6 Å². The van der Waals surface area contributed by atoms with Crippen LogP contribution in [0.15, 0.2) is 40.9 Å². The second-order valence-corrected chi connectivity index (χ2v) is 10.9. The van der Waals surface area contributed by atoms with Gasteiger partial charge in [-0.2, -0.15) is 0 Å². The minimum Gasteiger partial charge on any atom is -0.496 e. The van der Waals surface area contributed by atoms with Crippen LogP contribution in [0.2, 0.25) is 0 Å². The lowest BCUT2D eigenvalue weighted by molar-refractivity contribution is 0.396. The van der Waals surface area contributed by atoms with Gasteiger partial charge in [-0.25, -0.2) is 8.42 Å². The molecule has 0 unspecified atom stereocenters. The molecule has 0 saturated heterocycles. The first kappa shape index (κ1) is 23.8. The summed E-state index contributed by atoms with van der Waals surface area (Å²) in [5.41, 5.74) is 3.52. The number of halogens is 2. The van der Waals surface area contributed by atoms with Crippen molar-refractivity contribution in [3.8, 4) is 5.75 Å². The average molecular weight is 501 g/mol. The summed E-state index contributed by atoms with van der Waals surface area (Å²) in [5, 5.41) is 0. The van der Waals surface area contributed by atoms with Crippen molar-refractivity contribution in [1.82, 2.24) is 0 Å². The number of alkyl halides is 1. The molecule has 0 heterocycles. The van der Waals surface area contributed by atoms with Crippen LogP contribution in [0.4, 0.5) is 5.69 Å². The Bertz CT molecular complexity index is 965. The van der Waals surface area contributed by atoms with Gasteiger partial charge >= 0.3 is 0 Å². The number of hydrogen-bond donors (Lipinski definition) is 1. The average Bonchev–Trinajstić information content (AvgIpc) is 2.64. The largest absolute Gasteiger partial charge is 0.496 e. The summed E-state index contributed by atoms with van der Waals surface area (Å²) in [6.07, 6.45) is 4.39. The fourth-order valence-corrected chi connectivity index (χ4v) is 4.74. The zero-order valence-electron chi connectivity index (χ0n) is 17.1. The van der Waals surface area contributed by atoms with E-state index in [4.69, 9.17) is 16.3 Å². The summed E-state index contributed by atoms with van der Waals surface area (Å²) in [6.45, 7) is 6.45. The van der Waals surface area contributed by atoms with E-state index < -0.39 is 10.0 Å². The maximum atomic E-state index is 12.0. The minimum absolute atomic E-state index is 0.0109. The first-order valence-corrected chi connectivity index (χ1v) is 12.3. The zero-order valence-corrected chi connectivity index (χ0v) is 20.3. The number of rotatable bonds is 8. The van der Waals surface area contributed by atoms with Crippen LogP contribution in [-0.2, 0) is 15.4 Å². The van der Waals surface area contributed by atoms with E-state index in [9.17, 15) is 8.42 Å². The molecule has 2 aromatic carbocycles. The van der Waals surface area contributed by atoms with Crippen LogP contribution in [0.5, 0.6) is 5.75 Å². The van der Waals surface area contributed by atoms with Gasteiger partial charge in [-0.05, 0) is 41.7 Å². The number of anilines is 1. The number of sulfonamides is 1. The van der Waals surface area contributed by atoms with E-state index >= 15 is 0 Å². The quantitative estimate of drug-likeness (QED) is 0.342. The van der Waals surface area contributed by atoms with Crippen molar-refractivity contribution in [2.75, 3.05) is 23.5 Å². The van der Waals surface area contributed by atoms with Gasteiger partial charge in [0.25, 0.3) is 0 Å². The predicted molar refractivity (Wildman–Crippen MR) is 128 cm³/mol. The summed E-state index contributed by atoms with van der Waals surface area (Å²) in [6, 6.07) is 11.3. The number of hydrogen-bond acceptors (Lipinski definition) is 3. The van der Waals surface area contributed by atoms with Crippen LogP contribution in [0.1, 0.15) is 43.9 Å². The third kappa shape index (κ3) is 7.05.